The first-order chi connectivity index (χ1) is 8.19. The van der Waals surface area contributed by atoms with Crippen molar-refractivity contribution in [3.05, 3.63) is 30.3 Å². The standard InChI is InChI=1S/C14H22N2O/c1-4-11-16(5-2)12-14(17)15(3)13-9-7-6-8-10-13/h6-10H,4-5,11-12H2,1-3H3. The first kappa shape index (κ1) is 13.7. The average molecular weight is 234 g/mol. The summed E-state index contributed by atoms with van der Waals surface area (Å²) < 4.78 is 0. The van der Waals surface area contributed by atoms with Gasteiger partial charge in [0.15, 0.2) is 0 Å². The summed E-state index contributed by atoms with van der Waals surface area (Å²) in [6, 6.07) is 9.75. The van der Waals surface area contributed by atoms with Crippen LogP contribution < -0.4 is 4.90 Å². The Labute approximate surface area is 104 Å². The van der Waals surface area contributed by atoms with Crippen LogP contribution >= 0.6 is 0 Å². The van der Waals surface area contributed by atoms with Gasteiger partial charge in [0.05, 0.1) is 6.54 Å². The van der Waals surface area contributed by atoms with E-state index < -0.39 is 0 Å². The Morgan fingerprint density at radius 2 is 1.82 bits per heavy atom. The highest BCUT2D eigenvalue weighted by atomic mass is 16.2. The van der Waals surface area contributed by atoms with Crippen LogP contribution in [0.1, 0.15) is 20.3 Å². The first-order valence-electron chi connectivity index (χ1n) is 6.23. The van der Waals surface area contributed by atoms with E-state index in [9.17, 15) is 4.79 Å². The van der Waals surface area contributed by atoms with Gasteiger partial charge in [-0.1, -0.05) is 32.0 Å². The second kappa shape index (κ2) is 7.07. The highest BCUT2D eigenvalue weighted by Crippen LogP contribution is 2.11. The van der Waals surface area contributed by atoms with E-state index in [0.717, 1.165) is 25.2 Å². The van der Waals surface area contributed by atoms with Crippen molar-refractivity contribution < 1.29 is 4.79 Å². The molecule has 1 aromatic carbocycles. The molecule has 0 saturated heterocycles. The van der Waals surface area contributed by atoms with E-state index in [1.165, 1.54) is 0 Å². The summed E-state index contributed by atoms with van der Waals surface area (Å²) in [5.41, 5.74) is 0.949. The largest absolute Gasteiger partial charge is 0.314 e. The number of carbonyl (C=O) groups is 1. The van der Waals surface area contributed by atoms with Crippen LogP contribution in [0.4, 0.5) is 5.69 Å². The van der Waals surface area contributed by atoms with Crippen LogP contribution in [0.2, 0.25) is 0 Å². The quantitative estimate of drug-likeness (QED) is 0.754. The lowest BCUT2D eigenvalue weighted by atomic mass is 10.3. The minimum Gasteiger partial charge on any atom is -0.314 e. The summed E-state index contributed by atoms with van der Waals surface area (Å²) >= 11 is 0. The van der Waals surface area contributed by atoms with Gasteiger partial charge in [-0.05, 0) is 31.6 Å². The van der Waals surface area contributed by atoms with Crippen LogP contribution in [-0.2, 0) is 4.79 Å². The zero-order valence-electron chi connectivity index (χ0n) is 11.0. The lowest BCUT2D eigenvalue weighted by Crippen LogP contribution is -2.38. The zero-order valence-corrected chi connectivity index (χ0v) is 11.0. The summed E-state index contributed by atoms with van der Waals surface area (Å²) in [5.74, 6) is 0.145. The van der Waals surface area contributed by atoms with Crippen molar-refractivity contribution in [1.29, 1.82) is 0 Å². The molecule has 0 aliphatic heterocycles. The molecule has 1 rings (SSSR count). The summed E-state index contributed by atoms with van der Waals surface area (Å²) in [4.78, 5) is 16.0. The van der Waals surface area contributed by atoms with Gasteiger partial charge in [0, 0.05) is 12.7 Å². The summed E-state index contributed by atoms with van der Waals surface area (Å²) in [5, 5.41) is 0. The number of benzene rings is 1. The van der Waals surface area contributed by atoms with Gasteiger partial charge < -0.3 is 4.90 Å². The van der Waals surface area contributed by atoms with Crippen molar-refractivity contribution in [2.45, 2.75) is 20.3 Å². The Balaban J connectivity index is 2.58. The Kier molecular flexibility index (Phi) is 5.70. The molecule has 0 radical (unpaired) electrons. The van der Waals surface area contributed by atoms with Crippen LogP contribution in [0, 0.1) is 0 Å². The van der Waals surface area contributed by atoms with E-state index in [-0.39, 0.29) is 5.91 Å². The molecule has 0 aliphatic rings. The molecule has 0 aliphatic carbocycles. The Hall–Kier alpha value is -1.35. The minimum atomic E-state index is 0.145. The van der Waals surface area contributed by atoms with E-state index in [1.54, 1.807) is 4.90 Å². The molecule has 0 heterocycles. The molecule has 3 nitrogen and oxygen atoms in total. The van der Waals surface area contributed by atoms with Crippen LogP contribution in [-0.4, -0.2) is 37.5 Å². The Morgan fingerprint density at radius 3 is 2.35 bits per heavy atom. The van der Waals surface area contributed by atoms with Crippen LogP contribution in [0.3, 0.4) is 0 Å². The maximum absolute atomic E-state index is 12.1. The minimum absolute atomic E-state index is 0.145. The van der Waals surface area contributed by atoms with E-state index in [2.05, 4.69) is 18.7 Å². The molecule has 0 N–H and O–H groups in total. The van der Waals surface area contributed by atoms with Crippen LogP contribution in [0.5, 0.6) is 0 Å². The van der Waals surface area contributed by atoms with Crippen molar-refractivity contribution in [1.82, 2.24) is 4.90 Å². The molecule has 0 fully saturated rings. The number of hydrogen-bond donors (Lipinski definition) is 0. The molecular weight excluding hydrogens is 212 g/mol. The first-order valence-corrected chi connectivity index (χ1v) is 6.23. The molecule has 0 unspecified atom stereocenters. The van der Waals surface area contributed by atoms with Gasteiger partial charge in [0.25, 0.3) is 0 Å². The van der Waals surface area contributed by atoms with E-state index >= 15 is 0 Å². The molecule has 0 aromatic heterocycles. The third-order valence-electron chi connectivity index (χ3n) is 2.86. The van der Waals surface area contributed by atoms with Gasteiger partial charge in [-0.15, -0.1) is 0 Å². The highest BCUT2D eigenvalue weighted by molar-refractivity contribution is 5.94. The number of nitrogens with zero attached hydrogens (tertiary/aromatic N) is 2. The van der Waals surface area contributed by atoms with Crippen molar-refractivity contribution in [2.75, 3.05) is 31.6 Å². The number of hydrogen-bond acceptors (Lipinski definition) is 2. The number of para-hydroxylation sites is 1. The number of carbonyl (C=O) groups excluding carboxylic acids is 1. The maximum Gasteiger partial charge on any atom is 0.240 e. The predicted octanol–water partition coefficient (Wildman–Crippen LogP) is 2.38. The van der Waals surface area contributed by atoms with Gasteiger partial charge in [0.2, 0.25) is 5.91 Å². The van der Waals surface area contributed by atoms with Crippen molar-refractivity contribution in [3.8, 4) is 0 Å². The Morgan fingerprint density at radius 1 is 1.18 bits per heavy atom. The second-order valence-electron chi connectivity index (χ2n) is 4.16. The molecule has 17 heavy (non-hydrogen) atoms. The smallest absolute Gasteiger partial charge is 0.240 e. The highest BCUT2D eigenvalue weighted by Gasteiger charge is 2.13. The number of amides is 1. The summed E-state index contributed by atoms with van der Waals surface area (Å²) in [6.45, 7) is 6.61. The van der Waals surface area contributed by atoms with Gasteiger partial charge in [-0.25, -0.2) is 0 Å². The van der Waals surface area contributed by atoms with Crippen molar-refractivity contribution in [2.24, 2.45) is 0 Å². The maximum atomic E-state index is 12.1. The number of rotatable bonds is 6. The normalized spacial score (nSPS) is 10.6. The van der Waals surface area contributed by atoms with E-state index in [1.807, 2.05) is 37.4 Å². The fraction of sp³-hybridized carbons (Fsp3) is 0.500. The lowest BCUT2D eigenvalue weighted by Gasteiger charge is -2.23. The topological polar surface area (TPSA) is 23.6 Å². The molecule has 94 valence electrons. The summed E-state index contributed by atoms with van der Waals surface area (Å²) in [6.07, 6.45) is 1.08. The molecular formula is C14H22N2O. The predicted molar refractivity (Wildman–Crippen MR) is 72.3 cm³/mol. The lowest BCUT2D eigenvalue weighted by molar-refractivity contribution is -0.119. The molecule has 0 spiro atoms. The van der Waals surface area contributed by atoms with Crippen LogP contribution in [0.25, 0.3) is 0 Å². The fourth-order valence-electron chi connectivity index (χ4n) is 1.76. The zero-order chi connectivity index (χ0) is 12.7. The van der Waals surface area contributed by atoms with Gasteiger partial charge in [-0.2, -0.15) is 0 Å². The van der Waals surface area contributed by atoms with Gasteiger partial charge in [-0.3, -0.25) is 9.69 Å². The second-order valence-corrected chi connectivity index (χ2v) is 4.16. The average Bonchev–Trinajstić information content (AvgIpc) is 2.38. The molecule has 0 saturated carbocycles. The molecule has 1 aromatic rings. The molecule has 0 bridgehead atoms. The molecule has 1 amide bonds. The van der Waals surface area contributed by atoms with Crippen molar-refractivity contribution >= 4 is 11.6 Å². The molecule has 0 atom stereocenters. The number of likely N-dealkylation sites (N-methyl/N-ethyl adjacent to an activating group) is 2. The fourth-order valence-corrected chi connectivity index (χ4v) is 1.76. The SMILES string of the molecule is CCCN(CC)CC(=O)N(C)c1ccccc1. The van der Waals surface area contributed by atoms with E-state index in [4.69, 9.17) is 0 Å². The van der Waals surface area contributed by atoms with E-state index in [0.29, 0.717) is 6.54 Å². The Bertz CT molecular complexity index is 337. The third kappa shape index (κ3) is 4.19. The van der Waals surface area contributed by atoms with Crippen molar-refractivity contribution in [3.63, 3.8) is 0 Å². The monoisotopic (exact) mass is 234 g/mol. The molecule has 3 heteroatoms. The summed E-state index contributed by atoms with van der Waals surface area (Å²) in [7, 11) is 1.83. The van der Waals surface area contributed by atoms with Gasteiger partial charge in [0.1, 0.15) is 0 Å². The van der Waals surface area contributed by atoms with Gasteiger partial charge >= 0.3 is 0 Å². The van der Waals surface area contributed by atoms with Crippen LogP contribution in [0.15, 0.2) is 30.3 Å². The third-order valence-corrected chi connectivity index (χ3v) is 2.86. The number of anilines is 1.